The van der Waals surface area contributed by atoms with E-state index in [0.29, 0.717) is 29.3 Å². The van der Waals surface area contributed by atoms with Crippen LogP contribution in [-0.2, 0) is 9.59 Å². The van der Waals surface area contributed by atoms with Crippen LogP contribution in [0.1, 0.15) is 24.1 Å². The monoisotopic (exact) mass is 556 g/mol. The van der Waals surface area contributed by atoms with Crippen LogP contribution in [0.3, 0.4) is 0 Å². The molecule has 8 heteroatoms. The number of carbonyl (C=O) groups is 2. The van der Waals surface area contributed by atoms with Gasteiger partial charge in [0.2, 0.25) is 0 Å². The smallest absolute Gasteiger partial charge is 0.301 e. The number of aromatic nitrogens is 1. The Morgan fingerprint density at radius 2 is 1.66 bits per heavy atom. The molecule has 1 saturated heterocycles. The van der Waals surface area contributed by atoms with Gasteiger partial charge in [0.05, 0.1) is 18.2 Å². The van der Waals surface area contributed by atoms with E-state index in [2.05, 4.69) is 36.8 Å². The Balaban J connectivity index is 1.88. The van der Waals surface area contributed by atoms with Gasteiger partial charge in [-0.2, -0.15) is 0 Å². The van der Waals surface area contributed by atoms with Crippen molar-refractivity contribution < 1.29 is 19.4 Å². The normalized spacial score (nSPS) is 17.6. The number of anilines is 1. The lowest BCUT2D eigenvalue weighted by atomic mass is 9.95. The number of pyridine rings is 1. The first-order chi connectivity index (χ1) is 15.4. The number of ketones is 1. The predicted molar refractivity (Wildman–Crippen MR) is 128 cm³/mol. The Morgan fingerprint density at radius 1 is 1.00 bits per heavy atom. The number of carbonyl (C=O) groups excluding carboxylic acids is 2. The first kappa shape index (κ1) is 22.2. The predicted octanol–water partition coefficient (Wildman–Crippen LogP) is 5.63. The quantitative estimate of drug-likeness (QED) is 0.250. The maximum Gasteiger partial charge on any atom is 0.301 e. The molecule has 0 saturated carbocycles. The largest absolute Gasteiger partial charge is 0.507 e. The molecule has 2 aromatic carbocycles. The van der Waals surface area contributed by atoms with E-state index in [-0.39, 0.29) is 11.3 Å². The molecule has 162 valence electrons. The molecule has 3 aromatic rings. The number of hydrogen-bond donors (Lipinski definition) is 1. The van der Waals surface area contributed by atoms with Gasteiger partial charge in [0.25, 0.3) is 5.78 Å². The molecule has 0 aliphatic carbocycles. The molecular weight excluding hydrogens is 540 g/mol. The van der Waals surface area contributed by atoms with Crippen LogP contribution in [0.4, 0.5) is 5.82 Å². The maximum absolute atomic E-state index is 13.1. The number of ether oxygens (including phenoxy) is 1. The Kier molecular flexibility index (Phi) is 6.43. The van der Waals surface area contributed by atoms with E-state index in [1.165, 1.54) is 4.90 Å². The highest BCUT2D eigenvalue weighted by Gasteiger charge is 2.47. The fraction of sp³-hybridized carbons (Fsp3) is 0.125. The van der Waals surface area contributed by atoms with E-state index in [0.717, 1.165) is 8.95 Å². The summed E-state index contributed by atoms with van der Waals surface area (Å²) in [7, 11) is 0. The van der Waals surface area contributed by atoms with E-state index in [9.17, 15) is 14.7 Å². The van der Waals surface area contributed by atoms with Crippen molar-refractivity contribution in [3.8, 4) is 5.75 Å². The summed E-state index contributed by atoms with van der Waals surface area (Å²) in [4.78, 5) is 31.8. The molecule has 32 heavy (non-hydrogen) atoms. The zero-order chi connectivity index (χ0) is 22.8. The molecule has 1 fully saturated rings. The molecule has 2 heterocycles. The molecule has 1 amide bonds. The first-order valence-electron chi connectivity index (χ1n) is 9.82. The van der Waals surface area contributed by atoms with Crippen LogP contribution in [-0.4, -0.2) is 28.4 Å². The van der Waals surface area contributed by atoms with Gasteiger partial charge in [-0.15, -0.1) is 0 Å². The second-order valence-corrected chi connectivity index (χ2v) is 8.84. The van der Waals surface area contributed by atoms with Gasteiger partial charge >= 0.3 is 5.91 Å². The number of Topliss-reactive ketones (excluding diaryl/α,β-unsaturated/α-hetero) is 1. The Morgan fingerprint density at radius 3 is 2.25 bits per heavy atom. The highest BCUT2D eigenvalue weighted by atomic mass is 79.9. The SMILES string of the molecule is CCOc1ccc(/C(O)=C2\C(=O)C(=O)N(c3ccc(Br)cn3)[C@H]2c2ccc(Br)cc2)cc1. The van der Waals surface area contributed by atoms with E-state index in [4.69, 9.17) is 4.74 Å². The second kappa shape index (κ2) is 9.26. The summed E-state index contributed by atoms with van der Waals surface area (Å²) < 4.78 is 7.04. The molecule has 0 unspecified atom stereocenters. The van der Waals surface area contributed by atoms with E-state index in [1.807, 2.05) is 19.1 Å². The van der Waals surface area contributed by atoms with Crippen LogP contribution >= 0.6 is 31.9 Å². The number of benzene rings is 2. The first-order valence-corrected chi connectivity index (χ1v) is 11.4. The highest BCUT2D eigenvalue weighted by molar-refractivity contribution is 9.10. The molecule has 4 rings (SSSR count). The number of rotatable bonds is 5. The van der Waals surface area contributed by atoms with Gasteiger partial charge in [-0.25, -0.2) is 4.98 Å². The fourth-order valence-corrected chi connectivity index (χ4v) is 4.07. The van der Waals surface area contributed by atoms with Crippen LogP contribution in [0.2, 0.25) is 0 Å². The van der Waals surface area contributed by atoms with Crippen molar-refractivity contribution >= 4 is 55.1 Å². The van der Waals surface area contributed by atoms with Gasteiger partial charge in [0.15, 0.2) is 0 Å². The average molecular weight is 558 g/mol. The van der Waals surface area contributed by atoms with Crippen molar-refractivity contribution in [3.63, 3.8) is 0 Å². The van der Waals surface area contributed by atoms with Crippen molar-refractivity contribution in [3.05, 3.63) is 92.5 Å². The van der Waals surface area contributed by atoms with Gasteiger partial charge < -0.3 is 9.84 Å². The Hall–Kier alpha value is -2.97. The topological polar surface area (TPSA) is 79.7 Å². The molecule has 1 aromatic heterocycles. The van der Waals surface area contributed by atoms with Gasteiger partial charge in [0, 0.05) is 20.7 Å². The number of hydrogen-bond acceptors (Lipinski definition) is 5. The Labute approximate surface area is 201 Å². The van der Waals surface area contributed by atoms with Crippen LogP contribution in [0.15, 0.2) is 81.4 Å². The molecule has 0 bridgehead atoms. The molecule has 1 aliphatic rings. The zero-order valence-electron chi connectivity index (χ0n) is 17.0. The molecule has 1 aliphatic heterocycles. The summed E-state index contributed by atoms with van der Waals surface area (Å²) in [5.41, 5.74) is 1.09. The highest BCUT2D eigenvalue weighted by Crippen LogP contribution is 2.42. The number of aliphatic hydroxyl groups is 1. The Bertz CT molecular complexity index is 1190. The summed E-state index contributed by atoms with van der Waals surface area (Å²) in [6.07, 6.45) is 1.56. The standard InChI is InChI=1S/C24H18Br2N2O4/c1-2-32-18-10-5-15(6-11-18)22(29)20-21(14-3-7-16(25)8-4-14)28(24(31)23(20)30)19-12-9-17(26)13-27-19/h3-13,21,29H,2H2,1H3/b22-20+/t21-/m0/s1. The van der Waals surface area contributed by atoms with Gasteiger partial charge in [-0.05, 0) is 76.9 Å². The van der Waals surface area contributed by atoms with Crippen LogP contribution < -0.4 is 9.64 Å². The van der Waals surface area contributed by atoms with Crippen molar-refractivity contribution in [2.75, 3.05) is 11.5 Å². The molecule has 0 radical (unpaired) electrons. The molecule has 6 nitrogen and oxygen atoms in total. The van der Waals surface area contributed by atoms with Crippen LogP contribution in [0.5, 0.6) is 5.75 Å². The minimum absolute atomic E-state index is 0.00574. The van der Waals surface area contributed by atoms with E-state index >= 15 is 0 Å². The van der Waals surface area contributed by atoms with Gasteiger partial charge in [-0.1, -0.05) is 28.1 Å². The third-order valence-electron chi connectivity index (χ3n) is 5.03. The molecular formula is C24H18Br2N2O4. The third-order valence-corrected chi connectivity index (χ3v) is 6.03. The fourth-order valence-electron chi connectivity index (χ4n) is 3.57. The maximum atomic E-state index is 13.1. The van der Waals surface area contributed by atoms with E-state index < -0.39 is 17.7 Å². The molecule has 1 N–H and O–H groups in total. The summed E-state index contributed by atoms with van der Waals surface area (Å²) in [6.45, 7) is 2.39. The lowest BCUT2D eigenvalue weighted by Crippen LogP contribution is -2.30. The summed E-state index contributed by atoms with van der Waals surface area (Å²) in [6, 6.07) is 16.5. The minimum Gasteiger partial charge on any atom is -0.507 e. The number of aliphatic hydroxyl groups excluding tert-OH is 1. The van der Waals surface area contributed by atoms with Crippen molar-refractivity contribution in [1.29, 1.82) is 0 Å². The molecule has 1 atom stereocenters. The second-order valence-electron chi connectivity index (χ2n) is 7.01. The summed E-state index contributed by atoms with van der Waals surface area (Å²) >= 11 is 6.74. The minimum atomic E-state index is -0.830. The van der Waals surface area contributed by atoms with Crippen LogP contribution in [0, 0.1) is 0 Å². The average Bonchev–Trinajstić information content (AvgIpc) is 3.06. The van der Waals surface area contributed by atoms with Crippen molar-refractivity contribution in [2.45, 2.75) is 13.0 Å². The number of amides is 1. The summed E-state index contributed by atoms with van der Waals surface area (Å²) in [5.74, 6) is -0.810. The van der Waals surface area contributed by atoms with Crippen molar-refractivity contribution in [2.24, 2.45) is 0 Å². The third kappa shape index (κ3) is 4.20. The zero-order valence-corrected chi connectivity index (χ0v) is 20.1. The van der Waals surface area contributed by atoms with Gasteiger partial charge in [0.1, 0.15) is 17.3 Å². The van der Waals surface area contributed by atoms with Crippen molar-refractivity contribution in [1.82, 2.24) is 4.98 Å². The lowest BCUT2D eigenvalue weighted by Gasteiger charge is -2.24. The molecule has 0 spiro atoms. The van der Waals surface area contributed by atoms with Gasteiger partial charge in [-0.3, -0.25) is 14.5 Å². The lowest BCUT2D eigenvalue weighted by molar-refractivity contribution is -0.132. The van der Waals surface area contributed by atoms with E-state index in [1.54, 1.807) is 54.7 Å². The number of nitrogens with zero attached hydrogens (tertiary/aromatic N) is 2. The summed E-state index contributed by atoms with van der Waals surface area (Å²) in [5, 5.41) is 11.1. The number of halogens is 2. The van der Waals surface area contributed by atoms with Crippen LogP contribution in [0.25, 0.3) is 5.76 Å².